The molecule has 0 aliphatic carbocycles. The predicted octanol–water partition coefficient (Wildman–Crippen LogP) is 2.91. The van der Waals surface area contributed by atoms with Gasteiger partial charge in [0.1, 0.15) is 17.8 Å². The number of benzene rings is 1. The number of carbonyl (C=O) groups is 1. The first-order chi connectivity index (χ1) is 12.7. The molecule has 26 heavy (non-hydrogen) atoms. The van der Waals surface area contributed by atoms with E-state index in [1.165, 1.54) is 12.1 Å². The average molecular weight is 349 g/mol. The van der Waals surface area contributed by atoms with Gasteiger partial charge in [-0.15, -0.1) is 0 Å². The molecule has 2 atom stereocenters. The molecule has 1 N–H and O–H groups in total. The number of aromatic amines is 1. The molecular weight excluding hydrogens is 333 g/mol. The normalized spacial score (nSPS) is 20.9. The second-order valence-electron chi connectivity index (χ2n) is 6.76. The van der Waals surface area contributed by atoms with Crippen molar-refractivity contribution in [1.29, 1.82) is 0 Å². The minimum atomic E-state index is -0.300. The average Bonchev–Trinajstić information content (AvgIpc) is 3.27. The zero-order valence-electron chi connectivity index (χ0n) is 13.9. The van der Waals surface area contributed by atoms with Crippen molar-refractivity contribution < 1.29 is 9.18 Å². The number of H-pyrrole nitrogens is 1. The molecule has 4 heterocycles. The third-order valence-electron chi connectivity index (χ3n) is 5.30. The molecule has 2 aliphatic rings. The highest BCUT2D eigenvalue weighted by Crippen LogP contribution is 2.43. The maximum Gasteiger partial charge on any atom is 0.272 e. The number of fused-ring (bicyclic) bond motifs is 4. The van der Waals surface area contributed by atoms with E-state index in [4.69, 9.17) is 0 Å². The Bertz CT molecular complexity index is 984. The Labute approximate surface area is 149 Å². The molecule has 2 unspecified atom stereocenters. The Morgan fingerprint density at radius 1 is 1.23 bits per heavy atom. The van der Waals surface area contributed by atoms with E-state index in [0.29, 0.717) is 11.4 Å². The van der Waals surface area contributed by atoms with Crippen LogP contribution >= 0.6 is 0 Å². The second-order valence-corrected chi connectivity index (χ2v) is 6.76. The van der Waals surface area contributed by atoms with E-state index in [2.05, 4.69) is 20.2 Å². The van der Waals surface area contributed by atoms with Crippen LogP contribution in [0.15, 0.2) is 42.9 Å². The van der Waals surface area contributed by atoms with Crippen LogP contribution in [0.4, 0.5) is 4.39 Å². The summed E-state index contributed by atoms with van der Waals surface area (Å²) in [5, 5.41) is 7.07. The van der Waals surface area contributed by atoms with Crippen molar-refractivity contribution in [1.82, 2.24) is 25.1 Å². The topological polar surface area (TPSA) is 74.8 Å². The molecule has 2 bridgehead atoms. The molecule has 1 amide bonds. The van der Waals surface area contributed by atoms with E-state index in [1.807, 2.05) is 11.1 Å². The van der Waals surface area contributed by atoms with Gasteiger partial charge in [0.25, 0.3) is 5.91 Å². The predicted molar refractivity (Wildman–Crippen MR) is 91.7 cm³/mol. The molecule has 0 radical (unpaired) electrons. The molecule has 5 rings (SSSR count). The van der Waals surface area contributed by atoms with Gasteiger partial charge in [-0.3, -0.25) is 9.89 Å². The highest BCUT2D eigenvalue weighted by molar-refractivity contribution is 5.94. The number of carbonyl (C=O) groups excluding carboxylic acids is 1. The third-order valence-corrected chi connectivity index (χ3v) is 5.30. The van der Waals surface area contributed by atoms with Crippen LogP contribution in [-0.4, -0.2) is 37.0 Å². The largest absolute Gasteiger partial charge is 0.327 e. The number of hydrogen-bond donors (Lipinski definition) is 1. The summed E-state index contributed by atoms with van der Waals surface area (Å²) >= 11 is 0. The van der Waals surface area contributed by atoms with Crippen molar-refractivity contribution in [3.8, 4) is 11.3 Å². The van der Waals surface area contributed by atoms with Gasteiger partial charge in [-0.25, -0.2) is 14.4 Å². The van der Waals surface area contributed by atoms with Gasteiger partial charge in [0, 0.05) is 29.8 Å². The van der Waals surface area contributed by atoms with E-state index in [0.717, 1.165) is 36.1 Å². The van der Waals surface area contributed by atoms with E-state index >= 15 is 0 Å². The highest BCUT2D eigenvalue weighted by atomic mass is 19.1. The fourth-order valence-electron chi connectivity index (χ4n) is 4.07. The molecule has 6 nitrogen and oxygen atoms in total. The van der Waals surface area contributed by atoms with Crippen molar-refractivity contribution >= 4 is 5.91 Å². The van der Waals surface area contributed by atoms with Gasteiger partial charge in [-0.05, 0) is 43.2 Å². The van der Waals surface area contributed by atoms with Crippen LogP contribution in [0, 0.1) is 5.82 Å². The minimum absolute atomic E-state index is 0.0232. The van der Waals surface area contributed by atoms with Crippen molar-refractivity contribution in [3.63, 3.8) is 0 Å². The molecule has 0 saturated carbocycles. The van der Waals surface area contributed by atoms with Gasteiger partial charge in [0.2, 0.25) is 0 Å². The van der Waals surface area contributed by atoms with Crippen LogP contribution < -0.4 is 0 Å². The maximum atomic E-state index is 13.1. The molecule has 2 aromatic heterocycles. The lowest BCUT2D eigenvalue weighted by molar-refractivity contribution is 0.0637. The molecule has 1 fully saturated rings. The zero-order valence-corrected chi connectivity index (χ0v) is 13.9. The summed E-state index contributed by atoms with van der Waals surface area (Å²) in [6.07, 6.45) is 6.05. The van der Waals surface area contributed by atoms with Gasteiger partial charge in [0.05, 0.1) is 17.4 Å². The summed E-state index contributed by atoms with van der Waals surface area (Å²) in [7, 11) is 0. The number of nitrogens with zero attached hydrogens (tertiary/aromatic N) is 4. The maximum absolute atomic E-state index is 13.1. The first kappa shape index (κ1) is 15.2. The molecule has 1 saturated heterocycles. The fourth-order valence-corrected chi connectivity index (χ4v) is 4.07. The Kier molecular flexibility index (Phi) is 3.34. The summed E-state index contributed by atoms with van der Waals surface area (Å²) in [6.45, 7) is 0. The highest BCUT2D eigenvalue weighted by Gasteiger charge is 2.43. The van der Waals surface area contributed by atoms with Gasteiger partial charge in [-0.2, -0.15) is 5.10 Å². The number of rotatable bonds is 2. The van der Waals surface area contributed by atoms with E-state index in [-0.39, 0.29) is 23.8 Å². The van der Waals surface area contributed by atoms with Gasteiger partial charge in [-0.1, -0.05) is 0 Å². The van der Waals surface area contributed by atoms with E-state index in [9.17, 15) is 9.18 Å². The van der Waals surface area contributed by atoms with Crippen LogP contribution in [0.5, 0.6) is 0 Å². The Balaban J connectivity index is 1.45. The number of halogens is 1. The Hall–Kier alpha value is -3.09. The molecule has 3 aromatic rings. The lowest BCUT2D eigenvalue weighted by Crippen LogP contribution is -2.42. The quantitative estimate of drug-likeness (QED) is 0.772. The SMILES string of the molecule is O=C(c1cc(-c2ccc(F)cc2)n[nH]1)N1C2CCC1c1cncnc1C2. The van der Waals surface area contributed by atoms with Crippen molar-refractivity contribution in [2.75, 3.05) is 0 Å². The number of nitrogens with one attached hydrogen (secondary N) is 1. The summed E-state index contributed by atoms with van der Waals surface area (Å²) in [5.74, 6) is -0.362. The lowest BCUT2D eigenvalue weighted by Gasteiger charge is -2.35. The Morgan fingerprint density at radius 3 is 2.92 bits per heavy atom. The summed E-state index contributed by atoms with van der Waals surface area (Å²) in [6, 6.07) is 7.98. The number of hydrogen-bond acceptors (Lipinski definition) is 4. The first-order valence-corrected chi connectivity index (χ1v) is 8.63. The molecule has 0 spiro atoms. The second kappa shape index (κ2) is 5.72. The van der Waals surface area contributed by atoms with E-state index < -0.39 is 0 Å². The molecular formula is C19H16FN5O. The van der Waals surface area contributed by atoms with Crippen molar-refractivity contribution in [2.24, 2.45) is 0 Å². The first-order valence-electron chi connectivity index (χ1n) is 8.63. The Morgan fingerprint density at radius 2 is 2.08 bits per heavy atom. The van der Waals surface area contributed by atoms with Gasteiger partial charge in [0.15, 0.2) is 0 Å². The molecule has 2 aliphatic heterocycles. The minimum Gasteiger partial charge on any atom is -0.327 e. The van der Waals surface area contributed by atoms with Gasteiger partial charge >= 0.3 is 0 Å². The van der Waals surface area contributed by atoms with Crippen LogP contribution in [0.25, 0.3) is 11.3 Å². The summed E-state index contributed by atoms with van der Waals surface area (Å²) < 4.78 is 13.1. The zero-order chi connectivity index (χ0) is 17.7. The van der Waals surface area contributed by atoms with Gasteiger partial charge < -0.3 is 4.90 Å². The third kappa shape index (κ3) is 2.31. The summed E-state index contributed by atoms with van der Waals surface area (Å²) in [5.41, 5.74) is 3.94. The molecule has 130 valence electrons. The lowest BCUT2D eigenvalue weighted by atomic mass is 9.99. The van der Waals surface area contributed by atoms with Crippen LogP contribution in [0.2, 0.25) is 0 Å². The van der Waals surface area contributed by atoms with Crippen LogP contribution in [0.3, 0.4) is 0 Å². The van der Waals surface area contributed by atoms with E-state index in [1.54, 1.807) is 24.5 Å². The van der Waals surface area contributed by atoms with Crippen molar-refractivity contribution in [3.05, 3.63) is 65.6 Å². The molecule has 1 aromatic carbocycles. The molecule has 7 heteroatoms. The smallest absolute Gasteiger partial charge is 0.272 e. The van der Waals surface area contributed by atoms with Crippen LogP contribution in [0.1, 0.15) is 40.6 Å². The number of aromatic nitrogens is 4. The summed E-state index contributed by atoms with van der Waals surface area (Å²) in [4.78, 5) is 23.6. The fraction of sp³-hybridized carbons (Fsp3) is 0.263. The van der Waals surface area contributed by atoms with Crippen LogP contribution in [-0.2, 0) is 6.42 Å². The standard InChI is InChI=1S/C19H16FN5O/c20-12-3-1-11(2-4-12)15-8-17(24-23-15)19(26)25-13-5-6-18(25)14-9-21-10-22-16(14)7-13/h1-4,8-10,13,18H,5-7H2,(H,23,24). The number of amides is 1. The van der Waals surface area contributed by atoms with Crippen molar-refractivity contribution in [2.45, 2.75) is 31.3 Å². The monoisotopic (exact) mass is 349 g/mol.